The second-order valence-corrected chi connectivity index (χ2v) is 5.34. The Morgan fingerprint density at radius 3 is 2.74 bits per heavy atom. The number of carbonyl (C=O) groups excluding carboxylic acids is 1. The van der Waals surface area contributed by atoms with Crippen molar-refractivity contribution in [2.75, 3.05) is 7.11 Å². The number of benzene rings is 2. The lowest BCUT2D eigenvalue weighted by atomic mass is 10.1. The summed E-state index contributed by atoms with van der Waals surface area (Å²) in [6.07, 6.45) is 2.88. The SMILES string of the molecule is CCc1ccccc1OC(=O)Cc1c[nH]c2ccc(OC)cc12. The Kier molecular flexibility index (Phi) is 4.33. The first kappa shape index (κ1) is 15.2. The normalized spacial score (nSPS) is 10.7. The highest BCUT2D eigenvalue weighted by Crippen LogP contribution is 2.25. The van der Waals surface area contributed by atoms with Gasteiger partial charge in [0, 0.05) is 17.1 Å². The van der Waals surface area contributed by atoms with E-state index in [4.69, 9.17) is 9.47 Å². The summed E-state index contributed by atoms with van der Waals surface area (Å²) < 4.78 is 10.8. The summed E-state index contributed by atoms with van der Waals surface area (Å²) in [5, 5.41) is 0.977. The van der Waals surface area contributed by atoms with Crippen molar-refractivity contribution in [2.24, 2.45) is 0 Å². The number of hydrogen-bond acceptors (Lipinski definition) is 3. The number of aromatic amines is 1. The fourth-order valence-corrected chi connectivity index (χ4v) is 2.64. The Balaban J connectivity index is 1.80. The van der Waals surface area contributed by atoms with Crippen LogP contribution in [0.5, 0.6) is 11.5 Å². The van der Waals surface area contributed by atoms with Gasteiger partial charge in [-0.25, -0.2) is 0 Å². The molecule has 0 atom stereocenters. The second-order valence-electron chi connectivity index (χ2n) is 5.34. The zero-order valence-corrected chi connectivity index (χ0v) is 13.3. The van der Waals surface area contributed by atoms with Crippen molar-refractivity contribution in [3.8, 4) is 11.5 Å². The lowest BCUT2D eigenvalue weighted by Crippen LogP contribution is -2.12. The second kappa shape index (κ2) is 6.57. The van der Waals surface area contributed by atoms with Gasteiger partial charge in [0.1, 0.15) is 11.5 Å². The Labute approximate surface area is 135 Å². The van der Waals surface area contributed by atoms with Gasteiger partial charge in [-0.2, -0.15) is 0 Å². The number of nitrogens with one attached hydrogen (secondary N) is 1. The third-order valence-electron chi connectivity index (χ3n) is 3.89. The molecule has 0 aliphatic carbocycles. The van der Waals surface area contributed by atoms with E-state index in [2.05, 4.69) is 4.98 Å². The first-order valence-electron chi connectivity index (χ1n) is 7.64. The Hall–Kier alpha value is -2.75. The fraction of sp³-hybridized carbons (Fsp3) is 0.211. The topological polar surface area (TPSA) is 51.3 Å². The number of fused-ring (bicyclic) bond motifs is 1. The average molecular weight is 309 g/mol. The molecule has 0 amide bonds. The quantitative estimate of drug-likeness (QED) is 0.574. The van der Waals surface area contributed by atoms with E-state index in [9.17, 15) is 4.79 Å². The van der Waals surface area contributed by atoms with Crippen LogP contribution in [0, 0.1) is 0 Å². The van der Waals surface area contributed by atoms with Crippen LogP contribution in [0.1, 0.15) is 18.1 Å². The summed E-state index contributed by atoms with van der Waals surface area (Å²) >= 11 is 0. The first-order chi connectivity index (χ1) is 11.2. The van der Waals surface area contributed by atoms with Crippen LogP contribution in [-0.2, 0) is 17.6 Å². The number of rotatable bonds is 5. The number of aryl methyl sites for hydroxylation is 1. The van der Waals surface area contributed by atoms with Gasteiger partial charge < -0.3 is 14.5 Å². The highest BCUT2D eigenvalue weighted by Gasteiger charge is 2.13. The van der Waals surface area contributed by atoms with Crippen LogP contribution in [0.3, 0.4) is 0 Å². The Bertz CT molecular complexity index is 836. The minimum absolute atomic E-state index is 0.214. The molecule has 0 spiro atoms. The van der Waals surface area contributed by atoms with E-state index in [1.807, 2.05) is 55.6 Å². The molecule has 0 aliphatic heterocycles. The zero-order valence-electron chi connectivity index (χ0n) is 13.3. The largest absolute Gasteiger partial charge is 0.497 e. The fourth-order valence-electron chi connectivity index (χ4n) is 2.64. The molecule has 4 nitrogen and oxygen atoms in total. The maximum absolute atomic E-state index is 12.3. The van der Waals surface area contributed by atoms with Gasteiger partial charge in [-0.05, 0) is 41.8 Å². The summed E-state index contributed by atoms with van der Waals surface area (Å²) in [4.78, 5) is 15.4. The predicted octanol–water partition coefficient (Wildman–Crippen LogP) is 3.89. The Morgan fingerprint density at radius 1 is 1.13 bits per heavy atom. The van der Waals surface area contributed by atoms with Crippen LogP contribution in [0.4, 0.5) is 0 Å². The van der Waals surface area contributed by atoms with Crippen LogP contribution >= 0.6 is 0 Å². The molecule has 118 valence electrons. The number of carbonyl (C=O) groups is 1. The van der Waals surface area contributed by atoms with Crippen LogP contribution in [-0.4, -0.2) is 18.1 Å². The van der Waals surface area contributed by atoms with Crippen molar-refractivity contribution < 1.29 is 14.3 Å². The number of esters is 1. The summed E-state index contributed by atoms with van der Waals surface area (Å²) in [6, 6.07) is 13.4. The van der Waals surface area contributed by atoms with Gasteiger partial charge in [0.2, 0.25) is 0 Å². The van der Waals surface area contributed by atoms with Crippen molar-refractivity contribution >= 4 is 16.9 Å². The molecule has 0 radical (unpaired) electrons. The molecule has 3 rings (SSSR count). The molecule has 1 heterocycles. The maximum atomic E-state index is 12.3. The van der Waals surface area contributed by atoms with Gasteiger partial charge in [-0.3, -0.25) is 4.79 Å². The van der Waals surface area contributed by atoms with E-state index >= 15 is 0 Å². The Morgan fingerprint density at radius 2 is 1.96 bits per heavy atom. The monoisotopic (exact) mass is 309 g/mol. The minimum Gasteiger partial charge on any atom is -0.497 e. The third kappa shape index (κ3) is 3.21. The van der Waals surface area contributed by atoms with E-state index in [1.54, 1.807) is 7.11 Å². The van der Waals surface area contributed by atoms with Crippen molar-refractivity contribution in [3.05, 3.63) is 59.8 Å². The van der Waals surface area contributed by atoms with Gasteiger partial charge in [-0.1, -0.05) is 25.1 Å². The van der Waals surface area contributed by atoms with Crippen molar-refractivity contribution in [3.63, 3.8) is 0 Å². The molecule has 23 heavy (non-hydrogen) atoms. The van der Waals surface area contributed by atoms with Crippen LogP contribution in [0.15, 0.2) is 48.7 Å². The zero-order chi connectivity index (χ0) is 16.2. The smallest absolute Gasteiger partial charge is 0.315 e. The molecular formula is C19H19NO3. The van der Waals surface area contributed by atoms with E-state index in [0.29, 0.717) is 5.75 Å². The van der Waals surface area contributed by atoms with Gasteiger partial charge >= 0.3 is 5.97 Å². The third-order valence-corrected chi connectivity index (χ3v) is 3.89. The summed E-state index contributed by atoms with van der Waals surface area (Å²) in [7, 11) is 1.63. The van der Waals surface area contributed by atoms with E-state index < -0.39 is 0 Å². The van der Waals surface area contributed by atoms with Gasteiger partial charge in [0.05, 0.1) is 13.5 Å². The average Bonchev–Trinajstić information content (AvgIpc) is 2.97. The van der Waals surface area contributed by atoms with Crippen LogP contribution in [0.2, 0.25) is 0 Å². The van der Waals surface area contributed by atoms with E-state index in [-0.39, 0.29) is 12.4 Å². The standard InChI is InChI=1S/C19H19NO3/c1-3-13-6-4-5-7-18(13)23-19(21)10-14-12-20-17-9-8-15(22-2)11-16(14)17/h4-9,11-12,20H,3,10H2,1-2H3. The van der Waals surface area contributed by atoms with Crippen molar-refractivity contribution in [1.29, 1.82) is 0 Å². The number of para-hydroxylation sites is 1. The number of aromatic nitrogens is 1. The molecule has 0 bridgehead atoms. The molecule has 0 aliphatic rings. The number of methoxy groups -OCH3 is 1. The lowest BCUT2D eigenvalue weighted by molar-refractivity contribution is -0.133. The lowest BCUT2D eigenvalue weighted by Gasteiger charge is -2.08. The molecule has 1 N–H and O–H groups in total. The first-order valence-corrected chi connectivity index (χ1v) is 7.64. The molecule has 0 saturated heterocycles. The van der Waals surface area contributed by atoms with E-state index in [1.165, 1.54) is 0 Å². The molecule has 1 aromatic heterocycles. The van der Waals surface area contributed by atoms with Gasteiger partial charge in [-0.15, -0.1) is 0 Å². The van der Waals surface area contributed by atoms with Gasteiger partial charge in [0.25, 0.3) is 0 Å². The summed E-state index contributed by atoms with van der Waals surface area (Å²) in [5.74, 6) is 1.13. The molecule has 4 heteroatoms. The van der Waals surface area contributed by atoms with Crippen molar-refractivity contribution in [2.45, 2.75) is 19.8 Å². The molecule has 0 unspecified atom stereocenters. The minimum atomic E-state index is -0.269. The highest BCUT2D eigenvalue weighted by molar-refractivity contribution is 5.88. The summed E-state index contributed by atoms with van der Waals surface area (Å²) in [5.41, 5.74) is 2.90. The molecule has 3 aromatic rings. The number of hydrogen-bond donors (Lipinski definition) is 1. The molecule has 0 saturated carbocycles. The van der Waals surface area contributed by atoms with Crippen LogP contribution in [0.25, 0.3) is 10.9 Å². The molecular weight excluding hydrogens is 290 g/mol. The van der Waals surface area contributed by atoms with Gasteiger partial charge in [0.15, 0.2) is 0 Å². The predicted molar refractivity (Wildman–Crippen MR) is 90.0 cm³/mol. The van der Waals surface area contributed by atoms with Crippen molar-refractivity contribution in [1.82, 2.24) is 4.98 Å². The molecule has 0 fully saturated rings. The highest BCUT2D eigenvalue weighted by atomic mass is 16.5. The number of ether oxygens (including phenoxy) is 2. The molecule has 2 aromatic carbocycles. The maximum Gasteiger partial charge on any atom is 0.315 e. The number of H-pyrrole nitrogens is 1. The van der Waals surface area contributed by atoms with Crippen LogP contribution < -0.4 is 9.47 Å². The van der Waals surface area contributed by atoms with E-state index in [0.717, 1.165) is 34.2 Å². The summed E-state index contributed by atoms with van der Waals surface area (Å²) in [6.45, 7) is 2.04.